The van der Waals surface area contributed by atoms with E-state index in [1.54, 1.807) is 0 Å². The van der Waals surface area contributed by atoms with Crippen LogP contribution in [0.2, 0.25) is 0 Å². The zero-order valence-corrected chi connectivity index (χ0v) is 11.9. The van der Waals surface area contributed by atoms with E-state index in [-0.39, 0.29) is 0 Å². The summed E-state index contributed by atoms with van der Waals surface area (Å²) < 4.78 is 1.99. The lowest BCUT2D eigenvalue weighted by Gasteiger charge is -2.08. The molecule has 2 aromatic heterocycles. The molecule has 0 spiro atoms. The van der Waals surface area contributed by atoms with Crippen molar-refractivity contribution in [2.45, 2.75) is 13.8 Å². The van der Waals surface area contributed by atoms with Crippen molar-refractivity contribution in [2.24, 2.45) is 0 Å². The number of rotatable bonds is 1. The van der Waals surface area contributed by atoms with Gasteiger partial charge < -0.3 is 0 Å². The number of aryl methyl sites for hydroxylation is 2. The van der Waals surface area contributed by atoms with Crippen LogP contribution < -0.4 is 0 Å². The van der Waals surface area contributed by atoms with Crippen molar-refractivity contribution >= 4 is 16.7 Å². The largest absolute Gasteiger partial charge is 0.263 e. The molecule has 0 fully saturated rings. The molecule has 0 aliphatic heterocycles. The van der Waals surface area contributed by atoms with Crippen LogP contribution in [-0.2, 0) is 0 Å². The Morgan fingerprint density at radius 1 is 0.857 bits per heavy atom. The van der Waals surface area contributed by atoms with Crippen molar-refractivity contribution in [3.8, 4) is 11.3 Å². The molecule has 4 aromatic rings. The van der Waals surface area contributed by atoms with Gasteiger partial charge in [0.25, 0.3) is 5.78 Å². The maximum absolute atomic E-state index is 4.71. The predicted molar refractivity (Wildman–Crippen MR) is 83.2 cm³/mol. The molecule has 4 nitrogen and oxygen atoms in total. The van der Waals surface area contributed by atoms with Crippen molar-refractivity contribution in [1.29, 1.82) is 0 Å². The Morgan fingerprint density at radius 2 is 1.62 bits per heavy atom. The van der Waals surface area contributed by atoms with E-state index in [0.717, 1.165) is 28.0 Å². The topological polar surface area (TPSA) is 43.1 Å². The molecule has 2 aromatic carbocycles. The Balaban J connectivity index is 2.14. The normalized spacial score (nSPS) is 11.3. The molecule has 0 aliphatic carbocycles. The second kappa shape index (κ2) is 4.38. The van der Waals surface area contributed by atoms with E-state index < -0.39 is 0 Å². The Morgan fingerprint density at radius 3 is 2.43 bits per heavy atom. The van der Waals surface area contributed by atoms with Gasteiger partial charge in [-0.15, -0.1) is 10.2 Å². The van der Waals surface area contributed by atoms with Gasteiger partial charge in [0.1, 0.15) is 5.82 Å². The third-order valence-electron chi connectivity index (χ3n) is 3.74. The number of hydrogen-bond donors (Lipinski definition) is 0. The van der Waals surface area contributed by atoms with Crippen LogP contribution in [0.5, 0.6) is 0 Å². The van der Waals surface area contributed by atoms with Gasteiger partial charge in [0.05, 0.1) is 11.2 Å². The van der Waals surface area contributed by atoms with E-state index in [1.807, 2.05) is 23.5 Å². The summed E-state index contributed by atoms with van der Waals surface area (Å²) in [4.78, 5) is 4.71. The van der Waals surface area contributed by atoms with Gasteiger partial charge in [-0.2, -0.15) is 0 Å². The van der Waals surface area contributed by atoms with Crippen LogP contribution in [0.1, 0.15) is 11.4 Å². The highest BCUT2D eigenvalue weighted by Crippen LogP contribution is 2.28. The molecule has 0 unspecified atom stereocenters. The summed E-state index contributed by atoms with van der Waals surface area (Å²) in [6, 6.07) is 16.6. The van der Waals surface area contributed by atoms with Crippen molar-refractivity contribution < 1.29 is 0 Å². The van der Waals surface area contributed by atoms with E-state index in [4.69, 9.17) is 4.98 Å². The molecule has 0 amide bonds. The molecule has 0 aliphatic rings. The lowest BCUT2D eigenvalue weighted by Crippen LogP contribution is -1.97. The average Bonchev–Trinajstić information content (AvgIpc) is 2.89. The number of fused-ring (bicyclic) bond motifs is 3. The molecule has 102 valence electrons. The van der Waals surface area contributed by atoms with Gasteiger partial charge in [0, 0.05) is 10.9 Å². The molecular formula is C17H14N4. The van der Waals surface area contributed by atoms with E-state index in [9.17, 15) is 0 Å². The molecule has 0 saturated heterocycles. The van der Waals surface area contributed by atoms with Crippen LogP contribution in [0.25, 0.3) is 27.9 Å². The first-order valence-corrected chi connectivity index (χ1v) is 6.91. The van der Waals surface area contributed by atoms with Crippen molar-refractivity contribution in [1.82, 2.24) is 19.6 Å². The Hall–Kier alpha value is -2.75. The number of benzene rings is 2. The Kier molecular flexibility index (Phi) is 2.51. The van der Waals surface area contributed by atoms with Crippen LogP contribution in [0, 0.1) is 13.8 Å². The Bertz CT molecular complexity index is 952. The minimum Gasteiger partial charge on any atom is -0.263 e. The van der Waals surface area contributed by atoms with Crippen molar-refractivity contribution in [3.05, 3.63) is 59.9 Å². The number of aromatic nitrogens is 4. The van der Waals surface area contributed by atoms with E-state index in [2.05, 4.69) is 53.5 Å². The van der Waals surface area contributed by atoms with Crippen LogP contribution in [0.15, 0.2) is 48.5 Å². The summed E-state index contributed by atoms with van der Waals surface area (Å²) in [6.07, 6.45) is 0. The lowest BCUT2D eigenvalue weighted by atomic mass is 10.1. The molecule has 0 N–H and O–H groups in total. The summed E-state index contributed by atoms with van der Waals surface area (Å²) in [5.74, 6) is 1.49. The minimum atomic E-state index is 0.641. The summed E-state index contributed by atoms with van der Waals surface area (Å²) in [7, 11) is 0. The second-order valence-electron chi connectivity index (χ2n) is 5.23. The fraction of sp³-hybridized carbons (Fsp3) is 0.118. The number of nitrogens with zero attached hydrogens (tertiary/aromatic N) is 4. The molecule has 4 rings (SSSR count). The van der Waals surface area contributed by atoms with Gasteiger partial charge >= 0.3 is 0 Å². The molecule has 2 heterocycles. The van der Waals surface area contributed by atoms with Gasteiger partial charge in [0.2, 0.25) is 0 Å². The predicted octanol–water partition coefficient (Wildman–Crippen LogP) is 3.56. The number of para-hydroxylation sites is 1. The third-order valence-corrected chi connectivity index (χ3v) is 3.74. The van der Waals surface area contributed by atoms with Crippen LogP contribution in [0.3, 0.4) is 0 Å². The highest BCUT2D eigenvalue weighted by molar-refractivity contribution is 5.94. The molecule has 21 heavy (non-hydrogen) atoms. The van der Waals surface area contributed by atoms with Crippen molar-refractivity contribution in [2.75, 3.05) is 0 Å². The van der Waals surface area contributed by atoms with Gasteiger partial charge in [-0.3, -0.25) is 4.40 Å². The van der Waals surface area contributed by atoms with Gasteiger partial charge in [-0.1, -0.05) is 48.0 Å². The molecule has 0 atom stereocenters. The zero-order chi connectivity index (χ0) is 14.4. The SMILES string of the molecule is Cc1ccc(-c2nc3nnc(C)n3c3ccccc23)cc1. The highest BCUT2D eigenvalue weighted by atomic mass is 15.3. The highest BCUT2D eigenvalue weighted by Gasteiger charge is 2.12. The van der Waals surface area contributed by atoms with Crippen LogP contribution in [0.4, 0.5) is 0 Å². The summed E-state index contributed by atoms with van der Waals surface area (Å²) in [5.41, 5.74) is 4.37. The quantitative estimate of drug-likeness (QED) is 0.533. The second-order valence-corrected chi connectivity index (χ2v) is 5.23. The average molecular weight is 274 g/mol. The Labute approximate surface area is 122 Å². The van der Waals surface area contributed by atoms with Gasteiger partial charge in [0.15, 0.2) is 0 Å². The lowest BCUT2D eigenvalue weighted by molar-refractivity contribution is 1.02. The molecular weight excluding hydrogens is 260 g/mol. The van der Waals surface area contributed by atoms with Gasteiger partial charge in [-0.25, -0.2) is 4.98 Å². The summed E-state index contributed by atoms with van der Waals surface area (Å²) >= 11 is 0. The zero-order valence-electron chi connectivity index (χ0n) is 11.9. The van der Waals surface area contributed by atoms with Gasteiger partial charge in [-0.05, 0) is 19.9 Å². The first kappa shape index (κ1) is 12.0. The van der Waals surface area contributed by atoms with E-state index in [1.165, 1.54) is 5.56 Å². The monoisotopic (exact) mass is 274 g/mol. The standard InChI is InChI=1S/C17H14N4/c1-11-7-9-13(10-8-11)16-14-5-3-4-6-15(14)21-12(2)19-20-17(21)18-16/h3-10H,1-2H3. The van der Waals surface area contributed by atoms with E-state index in [0.29, 0.717) is 5.78 Å². The van der Waals surface area contributed by atoms with Crippen LogP contribution in [-0.4, -0.2) is 19.6 Å². The molecule has 0 saturated carbocycles. The van der Waals surface area contributed by atoms with E-state index >= 15 is 0 Å². The first-order valence-electron chi connectivity index (χ1n) is 6.91. The third kappa shape index (κ3) is 1.80. The maximum atomic E-state index is 4.71. The van der Waals surface area contributed by atoms with Crippen LogP contribution >= 0.6 is 0 Å². The van der Waals surface area contributed by atoms with Crippen molar-refractivity contribution in [3.63, 3.8) is 0 Å². The minimum absolute atomic E-state index is 0.641. The number of hydrogen-bond acceptors (Lipinski definition) is 3. The first-order chi connectivity index (χ1) is 10.2. The fourth-order valence-corrected chi connectivity index (χ4v) is 2.67. The molecule has 0 bridgehead atoms. The fourth-order valence-electron chi connectivity index (χ4n) is 2.67. The molecule has 0 radical (unpaired) electrons. The summed E-state index contributed by atoms with van der Waals surface area (Å²) in [6.45, 7) is 4.03. The maximum Gasteiger partial charge on any atom is 0.256 e. The molecule has 4 heteroatoms. The smallest absolute Gasteiger partial charge is 0.256 e. The summed E-state index contributed by atoms with van der Waals surface area (Å²) in [5, 5.41) is 9.43.